The number of nitrogens with one attached hydrogen (secondary N) is 1. The highest BCUT2D eigenvalue weighted by atomic mass is 35.5. The lowest BCUT2D eigenvalue weighted by molar-refractivity contribution is -0.113. The van der Waals surface area contributed by atoms with Crippen LogP contribution >= 0.6 is 46.3 Å². The molecule has 3 aromatic rings. The summed E-state index contributed by atoms with van der Waals surface area (Å²) in [6, 6.07) is 5.48. The van der Waals surface area contributed by atoms with Gasteiger partial charge >= 0.3 is 0 Å². The number of thiophene rings is 1. The van der Waals surface area contributed by atoms with Crippen LogP contribution in [0.2, 0.25) is 10.0 Å². The molecule has 11 heteroatoms. The normalized spacial score (nSPS) is 10.8. The zero-order valence-corrected chi connectivity index (χ0v) is 15.2. The Morgan fingerprint density at radius 1 is 1.42 bits per heavy atom. The molecular weight excluding hydrogens is 391 g/mol. The van der Waals surface area contributed by atoms with Crippen molar-refractivity contribution in [3.05, 3.63) is 44.7 Å². The molecule has 0 spiro atoms. The minimum atomic E-state index is -0.262. The first-order chi connectivity index (χ1) is 11.6. The van der Waals surface area contributed by atoms with Crippen LogP contribution in [0.1, 0.15) is 4.88 Å². The van der Waals surface area contributed by atoms with Crippen LogP contribution < -0.4 is 5.32 Å². The second kappa shape index (κ2) is 7.93. The van der Waals surface area contributed by atoms with Crippen molar-refractivity contribution in [2.24, 2.45) is 0 Å². The van der Waals surface area contributed by atoms with E-state index in [0.29, 0.717) is 16.7 Å². The molecule has 0 radical (unpaired) electrons. The Labute approximate surface area is 155 Å². The van der Waals surface area contributed by atoms with E-state index in [1.54, 1.807) is 16.0 Å². The third-order valence-electron chi connectivity index (χ3n) is 2.78. The first-order valence-corrected chi connectivity index (χ1v) is 9.26. The highest BCUT2D eigenvalue weighted by Gasteiger charge is 2.12. The summed E-state index contributed by atoms with van der Waals surface area (Å²) in [6.45, 7) is 0.569. The molecule has 3 heterocycles. The molecule has 0 saturated carbocycles. The quantitative estimate of drug-likeness (QED) is 0.639. The Bertz CT molecular complexity index is 839. The van der Waals surface area contributed by atoms with Gasteiger partial charge in [-0.15, -0.1) is 16.4 Å². The van der Waals surface area contributed by atoms with Crippen molar-refractivity contribution >= 4 is 58.0 Å². The van der Waals surface area contributed by atoms with E-state index in [-0.39, 0.29) is 22.5 Å². The summed E-state index contributed by atoms with van der Waals surface area (Å²) >= 11 is 14.6. The van der Waals surface area contributed by atoms with Gasteiger partial charge in [-0.2, -0.15) is 0 Å². The number of aromatic nitrogens is 5. The van der Waals surface area contributed by atoms with Crippen molar-refractivity contribution in [2.75, 3.05) is 11.1 Å². The molecule has 0 bridgehead atoms. The van der Waals surface area contributed by atoms with E-state index >= 15 is 0 Å². The number of rotatable bonds is 6. The number of carbonyl (C=O) groups is 1. The molecule has 24 heavy (non-hydrogen) atoms. The lowest BCUT2D eigenvalue weighted by atomic mass is 10.4. The van der Waals surface area contributed by atoms with Gasteiger partial charge in [0.25, 0.3) is 0 Å². The van der Waals surface area contributed by atoms with E-state index in [2.05, 4.69) is 25.8 Å². The SMILES string of the molecule is O=C(CSc1nnnn1Cc1cccs1)Nc1ncc(Cl)cc1Cl. The zero-order valence-electron chi connectivity index (χ0n) is 12.0. The van der Waals surface area contributed by atoms with Crippen LogP contribution in [0, 0.1) is 0 Å². The largest absolute Gasteiger partial charge is 0.309 e. The zero-order chi connectivity index (χ0) is 16.9. The summed E-state index contributed by atoms with van der Waals surface area (Å²) in [5.74, 6) is 0.137. The Morgan fingerprint density at radius 3 is 3.04 bits per heavy atom. The molecule has 0 aromatic carbocycles. The first-order valence-electron chi connectivity index (χ1n) is 6.64. The lowest BCUT2D eigenvalue weighted by Crippen LogP contribution is -2.16. The molecule has 0 unspecified atom stereocenters. The molecule has 0 aliphatic heterocycles. The maximum atomic E-state index is 12.0. The second-order valence-corrected chi connectivity index (χ2v) is 7.34. The van der Waals surface area contributed by atoms with Crippen molar-refractivity contribution in [2.45, 2.75) is 11.7 Å². The van der Waals surface area contributed by atoms with Gasteiger partial charge in [-0.3, -0.25) is 4.79 Å². The molecule has 0 aliphatic rings. The number of carbonyl (C=O) groups excluding carboxylic acids is 1. The molecule has 0 saturated heterocycles. The van der Waals surface area contributed by atoms with Gasteiger partial charge in [-0.05, 0) is 27.9 Å². The number of pyridine rings is 1. The predicted octanol–water partition coefficient (Wildman–Crippen LogP) is 3.22. The van der Waals surface area contributed by atoms with Gasteiger partial charge in [0.2, 0.25) is 11.1 Å². The third-order valence-corrected chi connectivity index (χ3v) is 5.10. The molecule has 3 aromatic heterocycles. The molecule has 0 fully saturated rings. The van der Waals surface area contributed by atoms with E-state index in [0.717, 1.165) is 4.88 Å². The number of tetrazole rings is 1. The summed E-state index contributed by atoms with van der Waals surface area (Å²) in [5, 5.41) is 17.4. The van der Waals surface area contributed by atoms with Gasteiger partial charge in [-0.1, -0.05) is 41.0 Å². The van der Waals surface area contributed by atoms with Gasteiger partial charge < -0.3 is 5.32 Å². The topological polar surface area (TPSA) is 85.6 Å². The monoisotopic (exact) mass is 400 g/mol. The Balaban J connectivity index is 1.58. The predicted molar refractivity (Wildman–Crippen MR) is 94.8 cm³/mol. The summed E-state index contributed by atoms with van der Waals surface area (Å²) in [5.41, 5.74) is 0. The molecule has 0 aliphatic carbocycles. The fraction of sp³-hybridized carbons (Fsp3) is 0.154. The van der Waals surface area contributed by atoms with E-state index in [1.807, 2.05) is 17.5 Å². The van der Waals surface area contributed by atoms with E-state index in [1.165, 1.54) is 24.0 Å². The van der Waals surface area contributed by atoms with Crippen molar-refractivity contribution in [1.29, 1.82) is 0 Å². The average Bonchev–Trinajstić information content (AvgIpc) is 3.20. The Morgan fingerprint density at radius 2 is 2.29 bits per heavy atom. The molecule has 1 N–H and O–H groups in total. The van der Waals surface area contributed by atoms with Gasteiger partial charge in [0.15, 0.2) is 5.82 Å². The fourth-order valence-corrected chi connectivity index (χ4v) is 3.54. The third kappa shape index (κ3) is 4.44. The molecule has 3 rings (SSSR count). The van der Waals surface area contributed by atoms with Crippen molar-refractivity contribution in [3.63, 3.8) is 0 Å². The van der Waals surface area contributed by atoms with Gasteiger partial charge in [0.1, 0.15) is 0 Å². The summed E-state index contributed by atoms with van der Waals surface area (Å²) in [6.07, 6.45) is 1.41. The molecule has 1 amide bonds. The average molecular weight is 401 g/mol. The first kappa shape index (κ1) is 17.2. The number of hydrogen-bond donors (Lipinski definition) is 1. The van der Waals surface area contributed by atoms with Crippen LogP contribution in [0.25, 0.3) is 0 Å². The van der Waals surface area contributed by atoms with Crippen LogP contribution in [-0.2, 0) is 11.3 Å². The molecule has 0 atom stereocenters. The molecule has 7 nitrogen and oxygen atoms in total. The Kier molecular flexibility index (Phi) is 5.67. The number of thioether (sulfide) groups is 1. The second-order valence-electron chi connectivity index (χ2n) is 4.52. The molecule has 124 valence electrons. The van der Waals surface area contributed by atoms with Crippen LogP contribution in [0.15, 0.2) is 34.9 Å². The number of nitrogens with zero attached hydrogens (tertiary/aromatic N) is 5. The van der Waals surface area contributed by atoms with E-state index < -0.39 is 0 Å². The van der Waals surface area contributed by atoms with Gasteiger partial charge in [0.05, 0.1) is 22.3 Å². The molecular formula is C13H10Cl2N6OS2. The van der Waals surface area contributed by atoms with Gasteiger partial charge in [0, 0.05) is 11.1 Å². The van der Waals surface area contributed by atoms with Crippen LogP contribution in [-0.4, -0.2) is 36.9 Å². The van der Waals surface area contributed by atoms with Crippen LogP contribution in [0.4, 0.5) is 5.82 Å². The lowest BCUT2D eigenvalue weighted by Gasteiger charge is -2.06. The van der Waals surface area contributed by atoms with E-state index in [9.17, 15) is 4.79 Å². The highest BCUT2D eigenvalue weighted by molar-refractivity contribution is 7.99. The number of anilines is 1. The minimum Gasteiger partial charge on any atom is -0.309 e. The van der Waals surface area contributed by atoms with Crippen molar-refractivity contribution in [3.8, 4) is 0 Å². The highest BCUT2D eigenvalue weighted by Crippen LogP contribution is 2.23. The summed E-state index contributed by atoms with van der Waals surface area (Å²) < 4.78 is 1.65. The van der Waals surface area contributed by atoms with E-state index in [4.69, 9.17) is 23.2 Å². The van der Waals surface area contributed by atoms with Crippen LogP contribution in [0.5, 0.6) is 0 Å². The standard InChI is InChI=1S/C13H10Cl2N6OS2/c14-8-4-10(15)12(16-5-8)17-11(22)7-24-13-18-19-20-21(13)6-9-2-1-3-23-9/h1-5H,6-7H2,(H,16,17,22). The van der Waals surface area contributed by atoms with Crippen molar-refractivity contribution < 1.29 is 4.79 Å². The smallest absolute Gasteiger partial charge is 0.236 e. The fourth-order valence-electron chi connectivity index (χ4n) is 1.75. The number of amides is 1. The minimum absolute atomic E-state index is 0.130. The summed E-state index contributed by atoms with van der Waals surface area (Å²) in [4.78, 5) is 17.1. The number of halogens is 2. The summed E-state index contributed by atoms with van der Waals surface area (Å²) in [7, 11) is 0. The maximum Gasteiger partial charge on any atom is 0.236 e. The maximum absolute atomic E-state index is 12.0. The van der Waals surface area contributed by atoms with Crippen LogP contribution in [0.3, 0.4) is 0 Å². The van der Waals surface area contributed by atoms with Crippen molar-refractivity contribution in [1.82, 2.24) is 25.2 Å². The van der Waals surface area contributed by atoms with Gasteiger partial charge in [-0.25, -0.2) is 9.67 Å². The number of hydrogen-bond acceptors (Lipinski definition) is 7. The Hall–Kier alpha value is -1.68.